The summed E-state index contributed by atoms with van der Waals surface area (Å²) in [7, 11) is 0. The number of carbonyl (C=O) groups is 1. The predicted molar refractivity (Wildman–Crippen MR) is 94.8 cm³/mol. The van der Waals surface area contributed by atoms with Crippen LogP contribution in [0.5, 0.6) is 0 Å². The Kier molecular flexibility index (Phi) is 4.41. The number of ether oxygens (including phenoxy) is 1. The molecule has 2 aliphatic heterocycles. The Balaban J connectivity index is 1.46. The monoisotopic (exact) mass is 355 g/mol. The molecule has 2 atom stereocenters. The summed E-state index contributed by atoms with van der Waals surface area (Å²) in [6, 6.07) is 15.6. The van der Waals surface area contributed by atoms with Gasteiger partial charge in [0.15, 0.2) is 0 Å². The molecule has 0 radical (unpaired) electrons. The fraction of sp³-hybridized carbons (Fsp3) is 0.381. The second-order valence-corrected chi connectivity index (χ2v) is 7.28. The number of fused-ring (bicyclic) bond motifs is 2. The maximum Gasteiger partial charge on any atom is 0.410 e. The normalized spacial score (nSPS) is 27.4. The van der Waals surface area contributed by atoms with E-state index in [1.54, 1.807) is 17.0 Å². The smallest absolute Gasteiger partial charge is 0.410 e. The summed E-state index contributed by atoms with van der Waals surface area (Å²) in [6.45, 7) is 0.240. The van der Waals surface area contributed by atoms with E-state index in [9.17, 15) is 14.3 Å². The van der Waals surface area contributed by atoms with Gasteiger partial charge in [-0.2, -0.15) is 0 Å². The second-order valence-electron chi connectivity index (χ2n) is 7.28. The summed E-state index contributed by atoms with van der Waals surface area (Å²) in [5, 5.41) is 11.1. The van der Waals surface area contributed by atoms with Crippen molar-refractivity contribution >= 4 is 6.09 Å². The summed E-state index contributed by atoms with van der Waals surface area (Å²) in [4.78, 5) is 14.4. The van der Waals surface area contributed by atoms with Crippen LogP contribution in [0.4, 0.5) is 9.18 Å². The molecule has 2 aromatic carbocycles. The van der Waals surface area contributed by atoms with E-state index in [1.807, 2.05) is 30.3 Å². The summed E-state index contributed by atoms with van der Waals surface area (Å²) >= 11 is 0. The lowest BCUT2D eigenvalue weighted by atomic mass is 9.80. The molecule has 2 fully saturated rings. The van der Waals surface area contributed by atoms with Crippen LogP contribution in [0, 0.1) is 5.82 Å². The van der Waals surface area contributed by atoms with Crippen LogP contribution in [-0.2, 0) is 16.9 Å². The minimum absolute atomic E-state index is 0.0784. The number of amides is 1. The van der Waals surface area contributed by atoms with Gasteiger partial charge < -0.3 is 14.7 Å². The lowest BCUT2D eigenvalue weighted by molar-refractivity contribution is -0.0538. The third kappa shape index (κ3) is 3.19. The van der Waals surface area contributed by atoms with Gasteiger partial charge in [-0.15, -0.1) is 0 Å². The van der Waals surface area contributed by atoms with Crippen molar-refractivity contribution in [1.29, 1.82) is 0 Å². The molecule has 136 valence electrons. The molecule has 2 saturated heterocycles. The Morgan fingerprint density at radius 2 is 1.81 bits per heavy atom. The number of nitrogens with zero attached hydrogens (tertiary/aromatic N) is 1. The van der Waals surface area contributed by atoms with Gasteiger partial charge in [0.25, 0.3) is 0 Å². The number of halogens is 1. The highest BCUT2D eigenvalue weighted by Crippen LogP contribution is 2.46. The molecule has 1 amide bonds. The molecule has 26 heavy (non-hydrogen) atoms. The van der Waals surface area contributed by atoms with Crippen molar-refractivity contribution < 1.29 is 19.0 Å². The zero-order chi connectivity index (χ0) is 18.1. The molecule has 5 heteroatoms. The maximum atomic E-state index is 13.6. The number of aliphatic hydroxyl groups is 1. The quantitative estimate of drug-likeness (QED) is 0.906. The van der Waals surface area contributed by atoms with Crippen molar-refractivity contribution in [2.24, 2.45) is 0 Å². The Morgan fingerprint density at radius 3 is 2.46 bits per heavy atom. The lowest BCUT2D eigenvalue weighted by Crippen LogP contribution is -2.52. The van der Waals surface area contributed by atoms with Crippen LogP contribution in [0.3, 0.4) is 0 Å². The number of hydrogen-bond donors (Lipinski definition) is 1. The molecule has 2 unspecified atom stereocenters. The van der Waals surface area contributed by atoms with Crippen LogP contribution < -0.4 is 0 Å². The number of benzene rings is 2. The van der Waals surface area contributed by atoms with E-state index in [-0.39, 0.29) is 30.6 Å². The summed E-state index contributed by atoms with van der Waals surface area (Å²) in [6.07, 6.45) is 2.16. The molecule has 1 N–H and O–H groups in total. The largest absolute Gasteiger partial charge is 0.445 e. The first kappa shape index (κ1) is 17.0. The Hall–Kier alpha value is -2.40. The predicted octanol–water partition coefficient (Wildman–Crippen LogP) is 3.98. The van der Waals surface area contributed by atoms with Crippen molar-refractivity contribution in [1.82, 2.24) is 4.90 Å². The van der Waals surface area contributed by atoms with Crippen LogP contribution in [0.1, 0.15) is 36.8 Å². The van der Waals surface area contributed by atoms with Gasteiger partial charge in [0.2, 0.25) is 0 Å². The van der Waals surface area contributed by atoms with E-state index in [0.717, 1.165) is 18.4 Å². The average Bonchev–Trinajstić information content (AvgIpc) is 2.93. The summed E-state index contributed by atoms with van der Waals surface area (Å²) in [5.41, 5.74) is 0.442. The number of hydrogen-bond acceptors (Lipinski definition) is 3. The third-order valence-corrected chi connectivity index (χ3v) is 5.54. The first-order valence-corrected chi connectivity index (χ1v) is 9.03. The van der Waals surface area contributed by atoms with Gasteiger partial charge in [0.1, 0.15) is 12.4 Å². The van der Waals surface area contributed by atoms with Gasteiger partial charge in [0, 0.05) is 24.9 Å². The molecular weight excluding hydrogens is 333 g/mol. The van der Waals surface area contributed by atoms with Crippen molar-refractivity contribution in [3.05, 3.63) is 71.5 Å². The van der Waals surface area contributed by atoms with Crippen molar-refractivity contribution in [3.63, 3.8) is 0 Å². The minimum Gasteiger partial charge on any atom is -0.445 e. The number of carbonyl (C=O) groups excluding carboxylic acids is 1. The van der Waals surface area contributed by atoms with Crippen LogP contribution in [0.25, 0.3) is 0 Å². The zero-order valence-electron chi connectivity index (χ0n) is 14.5. The molecule has 4 nitrogen and oxygen atoms in total. The van der Waals surface area contributed by atoms with Crippen LogP contribution in [0.15, 0.2) is 54.6 Å². The summed E-state index contributed by atoms with van der Waals surface area (Å²) in [5.74, 6) is -0.354. The van der Waals surface area contributed by atoms with Gasteiger partial charge in [0.05, 0.1) is 5.60 Å². The van der Waals surface area contributed by atoms with Crippen molar-refractivity contribution in [2.75, 3.05) is 0 Å². The topological polar surface area (TPSA) is 49.8 Å². The SMILES string of the molecule is O=C(OCc1ccccc1)N1C2CCC1CC(O)(c1cccc(F)c1)C2. The molecule has 2 aliphatic rings. The molecule has 0 aromatic heterocycles. The van der Waals surface area contributed by atoms with E-state index in [2.05, 4.69) is 0 Å². The van der Waals surface area contributed by atoms with Gasteiger partial charge in [-0.05, 0) is 36.1 Å². The van der Waals surface area contributed by atoms with Gasteiger partial charge in [-0.3, -0.25) is 0 Å². The van der Waals surface area contributed by atoms with Crippen LogP contribution in [0.2, 0.25) is 0 Å². The van der Waals surface area contributed by atoms with Crippen LogP contribution >= 0.6 is 0 Å². The van der Waals surface area contributed by atoms with E-state index in [4.69, 9.17) is 4.74 Å². The molecule has 0 spiro atoms. The first-order valence-electron chi connectivity index (χ1n) is 9.03. The van der Waals surface area contributed by atoms with Crippen molar-refractivity contribution in [3.8, 4) is 0 Å². The molecule has 0 saturated carbocycles. The molecule has 0 aliphatic carbocycles. The fourth-order valence-electron chi connectivity index (χ4n) is 4.33. The Bertz CT molecular complexity index is 781. The fourth-order valence-corrected chi connectivity index (χ4v) is 4.33. The third-order valence-electron chi connectivity index (χ3n) is 5.54. The molecule has 4 rings (SSSR count). The minimum atomic E-state index is -1.09. The highest BCUT2D eigenvalue weighted by atomic mass is 19.1. The molecule has 2 bridgehead atoms. The number of rotatable bonds is 3. The van der Waals surface area contributed by atoms with E-state index >= 15 is 0 Å². The Labute approximate surface area is 152 Å². The highest BCUT2D eigenvalue weighted by Gasteiger charge is 2.50. The maximum absolute atomic E-state index is 13.6. The second kappa shape index (κ2) is 6.72. The Morgan fingerprint density at radius 1 is 1.12 bits per heavy atom. The molecule has 2 heterocycles. The van der Waals surface area contributed by atoms with E-state index in [0.29, 0.717) is 18.4 Å². The van der Waals surface area contributed by atoms with E-state index in [1.165, 1.54) is 12.1 Å². The van der Waals surface area contributed by atoms with E-state index < -0.39 is 5.60 Å². The van der Waals surface area contributed by atoms with Gasteiger partial charge in [-0.1, -0.05) is 42.5 Å². The summed E-state index contributed by atoms with van der Waals surface area (Å²) < 4.78 is 19.1. The standard InChI is InChI=1S/C21H22FNO3/c22-17-8-4-7-16(11-17)21(25)12-18-9-10-19(13-21)23(18)20(24)26-14-15-5-2-1-3-6-15/h1-8,11,18-19,25H,9-10,12-14H2. The molecule has 2 aromatic rings. The lowest BCUT2D eigenvalue weighted by Gasteiger charge is -2.43. The van der Waals surface area contributed by atoms with Crippen molar-refractivity contribution in [2.45, 2.75) is 50.0 Å². The number of piperidine rings is 1. The van der Waals surface area contributed by atoms with Crippen LogP contribution in [-0.4, -0.2) is 28.2 Å². The zero-order valence-corrected chi connectivity index (χ0v) is 14.5. The first-order chi connectivity index (χ1) is 12.5. The highest BCUT2D eigenvalue weighted by molar-refractivity contribution is 5.69. The molecular formula is C21H22FNO3. The van der Waals surface area contributed by atoms with Gasteiger partial charge >= 0.3 is 6.09 Å². The van der Waals surface area contributed by atoms with Gasteiger partial charge in [-0.25, -0.2) is 9.18 Å². The average molecular weight is 355 g/mol.